The molecule has 1 fully saturated rings. The Hall–Kier alpha value is -2.25. The Morgan fingerprint density at radius 1 is 1.37 bits per heavy atom. The second kappa shape index (κ2) is 8.19. The van der Waals surface area contributed by atoms with Gasteiger partial charge in [-0.15, -0.1) is 0 Å². The molecule has 1 aromatic carbocycles. The van der Waals surface area contributed by atoms with Crippen LogP contribution in [-0.2, 0) is 16.1 Å². The Kier molecular flexibility index (Phi) is 5.92. The summed E-state index contributed by atoms with van der Waals surface area (Å²) in [7, 11) is 2.02. The number of morpholine rings is 1. The molecule has 0 bridgehead atoms. The van der Waals surface area contributed by atoms with Crippen molar-refractivity contribution in [2.24, 2.45) is 0 Å². The molecule has 0 radical (unpaired) electrons. The number of benzene rings is 1. The number of amides is 1. The van der Waals surface area contributed by atoms with Crippen molar-refractivity contribution in [3.8, 4) is 0 Å². The molecule has 0 saturated carbocycles. The van der Waals surface area contributed by atoms with Gasteiger partial charge in [-0.05, 0) is 32.0 Å². The summed E-state index contributed by atoms with van der Waals surface area (Å²) in [5.74, 6) is -0.0676. The average molecular weight is 372 g/mol. The Morgan fingerprint density at radius 2 is 2.15 bits per heavy atom. The van der Waals surface area contributed by atoms with Crippen LogP contribution in [0.3, 0.4) is 0 Å². The molecule has 2 heterocycles. The minimum Gasteiger partial charge on any atom is -0.378 e. The zero-order chi connectivity index (χ0) is 19.6. The van der Waals surface area contributed by atoms with Crippen molar-refractivity contribution in [3.05, 3.63) is 39.8 Å². The number of ether oxygens (including phenoxy) is 1. The van der Waals surface area contributed by atoms with Crippen LogP contribution in [0.4, 0.5) is 0 Å². The van der Waals surface area contributed by atoms with Crippen LogP contribution in [-0.4, -0.2) is 60.0 Å². The third-order valence-corrected chi connectivity index (χ3v) is 5.04. The molecule has 3 rings (SSSR count). The maximum atomic E-state index is 12.8. The fourth-order valence-electron chi connectivity index (χ4n) is 3.33. The van der Waals surface area contributed by atoms with E-state index in [1.54, 1.807) is 0 Å². The van der Waals surface area contributed by atoms with E-state index in [0.717, 1.165) is 29.8 Å². The van der Waals surface area contributed by atoms with Gasteiger partial charge in [0.15, 0.2) is 0 Å². The van der Waals surface area contributed by atoms with Gasteiger partial charge in [0.25, 0.3) is 5.56 Å². The lowest BCUT2D eigenvalue weighted by molar-refractivity contribution is -0.122. The number of hydrogen-bond donors (Lipinski definition) is 1. The summed E-state index contributed by atoms with van der Waals surface area (Å²) in [6, 6.07) is 5.88. The van der Waals surface area contributed by atoms with Gasteiger partial charge in [-0.3, -0.25) is 14.5 Å². The predicted octanol–water partition coefficient (Wildman–Crippen LogP) is 1.28. The summed E-state index contributed by atoms with van der Waals surface area (Å²) in [5.41, 5.74) is 1.68. The molecule has 1 aliphatic heterocycles. The van der Waals surface area contributed by atoms with Crippen molar-refractivity contribution in [2.75, 3.05) is 33.4 Å². The van der Waals surface area contributed by atoms with Gasteiger partial charge >= 0.3 is 0 Å². The Labute approximate surface area is 159 Å². The lowest BCUT2D eigenvalue weighted by atomic mass is 10.0. The Bertz CT molecular complexity index is 891. The molecule has 146 valence electrons. The quantitative estimate of drug-likeness (QED) is 0.856. The molecule has 27 heavy (non-hydrogen) atoms. The first kappa shape index (κ1) is 19.5. The highest BCUT2D eigenvalue weighted by Crippen LogP contribution is 2.22. The molecule has 1 amide bonds. The van der Waals surface area contributed by atoms with Gasteiger partial charge in [0, 0.05) is 18.5 Å². The van der Waals surface area contributed by atoms with Crippen LogP contribution in [0.2, 0.25) is 0 Å². The summed E-state index contributed by atoms with van der Waals surface area (Å²) < 4.78 is 6.74. The molecule has 1 aliphatic rings. The van der Waals surface area contributed by atoms with E-state index in [-0.39, 0.29) is 30.0 Å². The highest BCUT2D eigenvalue weighted by molar-refractivity contribution is 5.85. The maximum absolute atomic E-state index is 12.8. The summed E-state index contributed by atoms with van der Waals surface area (Å²) in [6.07, 6.45) is 0. The van der Waals surface area contributed by atoms with Gasteiger partial charge in [0.05, 0.1) is 30.3 Å². The fraction of sp³-hybridized carbons (Fsp3) is 0.550. The van der Waals surface area contributed by atoms with E-state index >= 15 is 0 Å². The van der Waals surface area contributed by atoms with Crippen LogP contribution in [0, 0.1) is 6.92 Å². The number of rotatable bonds is 5. The first-order chi connectivity index (χ1) is 12.9. The SMILES string of the molecule is Cc1ccc2c(=O)n(CC(=O)NCC3COCCN3C)nc(C(C)C)c2c1. The number of nitrogens with zero attached hydrogens (tertiary/aromatic N) is 3. The molecular formula is C20H28N4O3. The summed E-state index contributed by atoms with van der Waals surface area (Å²) in [5, 5.41) is 8.88. The largest absolute Gasteiger partial charge is 0.378 e. The summed E-state index contributed by atoms with van der Waals surface area (Å²) >= 11 is 0. The zero-order valence-corrected chi connectivity index (χ0v) is 16.5. The van der Waals surface area contributed by atoms with E-state index in [9.17, 15) is 9.59 Å². The van der Waals surface area contributed by atoms with Crippen LogP contribution < -0.4 is 10.9 Å². The van der Waals surface area contributed by atoms with Gasteiger partial charge in [0.1, 0.15) is 6.54 Å². The van der Waals surface area contributed by atoms with Gasteiger partial charge in [0.2, 0.25) is 5.91 Å². The smallest absolute Gasteiger partial charge is 0.275 e. The number of likely N-dealkylation sites (N-methyl/N-ethyl adjacent to an activating group) is 1. The molecule has 0 aliphatic carbocycles. The predicted molar refractivity (Wildman–Crippen MR) is 105 cm³/mol. The second-order valence-electron chi connectivity index (χ2n) is 7.57. The Balaban J connectivity index is 1.80. The van der Waals surface area contributed by atoms with E-state index in [1.165, 1.54) is 4.68 Å². The lowest BCUT2D eigenvalue weighted by Crippen LogP contribution is -2.49. The van der Waals surface area contributed by atoms with Gasteiger partial charge in [-0.2, -0.15) is 5.10 Å². The summed E-state index contributed by atoms with van der Waals surface area (Å²) in [6.45, 7) is 8.65. The molecule has 0 spiro atoms. The molecule has 1 aromatic heterocycles. The standard InChI is InChI=1S/C20H28N4O3/c1-13(2)19-17-9-14(3)5-6-16(17)20(26)24(22-19)11-18(25)21-10-15-12-27-8-7-23(15)4/h5-6,9,13,15H,7-8,10-12H2,1-4H3,(H,21,25). The average Bonchev–Trinajstić information content (AvgIpc) is 2.63. The van der Waals surface area contributed by atoms with Gasteiger partial charge in [-0.1, -0.05) is 25.5 Å². The first-order valence-electron chi connectivity index (χ1n) is 9.43. The molecule has 7 nitrogen and oxygen atoms in total. The maximum Gasteiger partial charge on any atom is 0.275 e. The number of nitrogens with one attached hydrogen (secondary N) is 1. The number of aryl methyl sites for hydroxylation is 1. The van der Waals surface area contributed by atoms with Crippen LogP contribution in [0.1, 0.15) is 31.0 Å². The summed E-state index contributed by atoms with van der Waals surface area (Å²) in [4.78, 5) is 27.4. The van der Waals surface area contributed by atoms with Crippen LogP contribution in [0.5, 0.6) is 0 Å². The van der Waals surface area contributed by atoms with Crippen molar-refractivity contribution in [3.63, 3.8) is 0 Å². The van der Waals surface area contributed by atoms with Gasteiger partial charge in [-0.25, -0.2) is 4.68 Å². The van der Waals surface area contributed by atoms with Crippen LogP contribution in [0.15, 0.2) is 23.0 Å². The fourth-order valence-corrected chi connectivity index (χ4v) is 3.33. The van der Waals surface area contributed by atoms with Crippen molar-refractivity contribution >= 4 is 16.7 Å². The van der Waals surface area contributed by atoms with E-state index in [2.05, 4.69) is 15.3 Å². The number of aromatic nitrogens is 2. The van der Waals surface area contributed by atoms with Crippen molar-refractivity contribution in [1.29, 1.82) is 0 Å². The molecule has 1 saturated heterocycles. The highest BCUT2D eigenvalue weighted by atomic mass is 16.5. The van der Waals surface area contributed by atoms with Crippen molar-refractivity contribution in [2.45, 2.75) is 39.3 Å². The molecule has 1 atom stereocenters. The number of hydrogen-bond acceptors (Lipinski definition) is 5. The molecule has 7 heteroatoms. The van der Waals surface area contributed by atoms with E-state index in [4.69, 9.17) is 4.74 Å². The van der Waals surface area contributed by atoms with Crippen LogP contribution >= 0.6 is 0 Å². The Morgan fingerprint density at radius 3 is 2.85 bits per heavy atom. The third kappa shape index (κ3) is 4.36. The molecule has 1 N–H and O–H groups in total. The monoisotopic (exact) mass is 372 g/mol. The minimum absolute atomic E-state index is 0.0837. The first-order valence-corrected chi connectivity index (χ1v) is 9.43. The minimum atomic E-state index is -0.234. The normalized spacial score (nSPS) is 18.2. The number of fused-ring (bicyclic) bond motifs is 1. The number of carbonyl (C=O) groups excluding carboxylic acids is 1. The lowest BCUT2D eigenvalue weighted by Gasteiger charge is -2.32. The van der Waals surface area contributed by atoms with E-state index in [0.29, 0.717) is 18.5 Å². The topological polar surface area (TPSA) is 76.5 Å². The van der Waals surface area contributed by atoms with Gasteiger partial charge < -0.3 is 10.1 Å². The second-order valence-corrected chi connectivity index (χ2v) is 7.57. The van der Waals surface area contributed by atoms with Crippen molar-refractivity contribution < 1.29 is 9.53 Å². The number of carbonyl (C=O) groups is 1. The van der Waals surface area contributed by atoms with Crippen molar-refractivity contribution in [1.82, 2.24) is 20.0 Å². The van der Waals surface area contributed by atoms with Crippen LogP contribution in [0.25, 0.3) is 10.8 Å². The zero-order valence-electron chi connectivity index (χ0n) is 16.5. The molecular weight excluding hydrogens is 344 g/mol. The molecule has 2 aromatic rings. The van der Waals surface area contributed by atoms with E-state index in [1.807, 2.05) is 46.0 Å². The molecule has 1 unspecified atom stereocenters. The van der Waals surface area contributed by atoms with E-state index < -0.39 is 0 Å². The highest BCUT2D eigenvalue weighted by Gasteiger charge is 2.20. The third-order valence-electron chi connectivity index (χ3n) is 5.04.